The average Bonchev–Trinajstić information content (AvgIpc) is 3.20. The van der Waals surface area contributed by atoms with E-state index in [-0.39, 0.29) is 23.8 Å². The molecule has 1 heterocycles. The summed E-state index contributed by atoms with van der Waals surface area (Å²) in [4.78, 5) is 21.2. The van der Waals surface area contributed by atoms with Crippen molar-refractivity contribution in [3.8, 4) is 11.5 Å². The third kappa shape index (κ3) is 8.29. The molecule has 3 aromatic carbocycles. The van der Waals surface area contributed by atoms with E-state index in [2.05, 4.69) is 4.74 Å². The first-order chi connectivity index (χ1) is 18.1. The molecule has 10 heteroatoms. The lowest BCUT2D eigenvalue weighted by atomic mass is 10.1. The van der Waals surface area contributed by atoms with Gasteiger partial charge in [-0.1, -0.05) is 37.3 Å². The van der Waals surface area contributed by atoms with Crippen LogP contribution < -0.4 is 15.2 Å². The Balaban J connectivity index is 0.000000599. The predicted molar refractivity (Wildman–Crippen MR) is 136 cm³/mol. The molecule has 38 heavy (non-hydrogen) atoms. The summed E-state index contributed by atoms with van der Waals surface area (Å²) in [6.45, 7) is 2.51. The number of hydrogen-bond donors (Lipinski definition) is 2. The molecule has 0 fully saturated rings. The van der Waals surface area contributed by atoms with E-state index in [0.717, 1.165) is 28.6 Å². The quantitative estimate of drug-likeness (QED) is 0.272. The number of ether oxygens (including phenoxy) is 2. The number of primary amides is 1. The molecular weight excluding hydrogens is 501 g/mol. The number of carbonyl (C=O) groups is 2. The molecule has 1 aromatic heterocycles. The van der Waals surface area contributed by atoms with E-state index in [1.54, 1.807) is 24.3 Å². The van der Waals surface area contributed by atoms with Crippen LogP contribution >= 0.6 is 0 Å². The minimum Gasteiger partial charge on any atom is -0.487 e. The number of carboxylic acids is 1. The van der Waals surface area contributed by atoms with Crippen LogP contribution in [0.5, 0.6) is 11.5 Å². The average molecular weight is 529 g/mol. The molecule has 3 N–H and O–H groups in total. The van der Waals surface area contributed by atoms with Gasteiger partial charge in [0, 0.05) is 23.9 Å². The largest absolute Gasteiger partial charge is 0.573 e. The SMILES string of the molecule is CCCC(N)=O.O=C(O)c1ccc2c(c1)cc(COc1ccccc1)n2Cc1ccc(OC(F)(F)F)cc1. The van der Waals surface area contributed by atoms with Gasteiger partial charge in [-0.2, -0.15) is 0 Å². The molecule has 0 saturated heterocycles. The summed E-state index contributed by atoms with van der Waals surface area (Å²) < 4.78 is 49.0. The number of carboxylic acid groups (broad SMARTS) is 1. The lowest BCUT2D eigenvalue weighted by molar-refractivity contribution is -0.274. The maximum atomic E-state index is 12.4. The van der Waals surface area contributed by atoms with Crippen LogP contribution in [0.3, 0.4) is 0 Å². The zero-order valence-electron chi connectivity index (χ0n) is 20.6. The summed E-state index contributed by atoms with van der Waals surface area (Å²) in [5, 5.41) is 10.0. The Morgan fingerprint density at radius 3 is 2.18 bits per heavy atom. The van der Waals surface area contributed by atoms with E-state index >= 15 is 0 Å². The van der Waals surface area contributed by atoms with Gasteiger partial charge in [0.25, 0.3) is 0 Å². The van der Waals surface area contributed by atoms with Gasteiger partial charge in [-0.05, 0) is 60.5 Å². The maximum Gasteiger partial charge on any atom is 0.573 e. The van der Waals surface area contributed by atoms with E-state index in [1.165, 1.54) is 18.2 Å². The Morgan fingerprint density at radius 1 is 0.947 bits per heavy atom. The number of aromatic carboxylic acids is 1. The van der Waals surface area contributed by atoms with Crippen molar-refractivity contribution < 1.29 is 37.3 Å². The molecule has 0 aliphatic heterocycles. The first kappa shape index (κ1) is 28.1. The van der Waals surface area contributed by atoms with Crippen LogP contribution in [-0.2, 0) is 17.9 Å². The third-order valence-corrected chi connectivity index (χ3v) is 5.36. The van der Waals surface area contributed by atoms with Gasteiger partial charge in [-0.3, -0.25) is 4.79 Å². The maximum absolute atomic E-state index is 12.4. The van der Waals surface area contributed by atoms with Gasteiger partial charge < -0.3 is 24.9 Å². The second kappa shape index (κ2) is 12.7. The lowest BCUT2D eigenvalue weighted by Crippen LogP contribution is -2.17. The van der Waals surface area contributed by atoms with Crippen molar-refractivity contribution >= 4 is 22.8 Å². The Labute approximate surface area is 217 Å². The van der Waals surface area contributed by atoms with Crippen molar-refractivity contribution in [3.63, 3.8) is 0 Å². The Hall–Kier alpha value is -4.47. The van der Waals surface area contributed by atoms with Crippen LogP contribution in [0.2, 0.25) is 0 Å². The summed E-state index contributed by atoms with van der Waals surface area (Å²) in [6.07, 6.45) is -3.38. The fraction of sp³-hybridized carbons (Fsp3) is 0.214. The number of para-hydroxylation sites is 1. The molecule has 1 amide bonds. The van der Waals surface area contributed by atoms with Gasteiger partial charge in [0.05, 0.1) is 11.3 Å². The normalized spacial score (nSPS) is 10.9. The van der Waals surface area contributed by atoms with Gasteiger partial charge >= 0.3 is 12.3 Å². The van der Waals surface area contributed by atoms with Crippen molar-refractivity contribution in [2.45, 2.75) is 39.3 Å². The van der Waals surface area contributed by atoms with Gasteiger partial charge in [-0.15, -0.1) is 13.2 Å². The van der Waals surface area contributed by atoms with Crippen LogP contribution in [0.4, 0.5) is 13.2 Å². The third-order valence-electron chi connectivity index (χ3n) is 5.36. The molecule has 0 aliphatic rings. The highest BCUT2D eigenvalue weighted by atomic mass is 19.4. The standard InChI is InChI=1S/C24H18F3NO4.C4H9NO/c25-24(26,27)32-21-9-6-16(7-10-21)14-28-19(15-31-20-4-2-1-3-5-20)13-18-12-17(23(29)30)8-11-22(18)28;1-2-3-4(5)6/h1-13H,14-15H2,(H,29,30);2-3H2,1H3,(H2,5,6). The molecule has 7 nitrogen and oxygen atoms in total. The van der Waals surface area contributed by atoms with Crippen LogP contribution in [0.1, 0.15) is 41.4 Å². The number of fused-ring (bicyclic) bond motifs is 1. The lowest BCUT2D eigenvalue weighted by Gasteiger charge is -2.13. The molecule has 0 atom stereocenters. The Bertz CT molecular complexity index is 1370. The molecule has 0 spiro atoms. The van der Waals surface area contributed by atoms with Crippen LogP contribution in [0.25, 0.3) is 10.9 Å². The first-order valence-electron chi connectivity index (χ1n) is 11.7. The molecule has 0 aliphatic carbocycles. The Morgan fingerprint density at radius 2 is 1.63 bits per heavy atom. The Kier molecular flexibility index (Phi) is 9.37. The highest BCUT2D eigenvalue weighted by Gasteiger charge is 2.31. The monoisotopic (exact) mass is 528 g/mol. The number of halogens is 3. The molecule has 0 unspecified atom stereocenters. The van der Waals surface area contributed by atoms with Crippen LogP contribution in [0, 0.1) is 0 Å². The van der Waals surface area contributed by atoms with E-state index in [1.807, 2.05) is 47.9 Å². The fourth-order valence-corrected chi connectivity index (χ4v) is 3.67. The number of amides is 1. The molecule has 4 rings (SSSR count). The topological polar surface area (TPSA) is 104 Å². The number of hydrogen-bond acceptors (Lipinski definition) is 4. The minimum absolute atomic E-state index is 0.166. The molecule has 0 radical (unpaired) electrons. The smallest absolute Gasteiger partial charge is 0.487 e. The zero-order chi connectivity index (χ0) is 27.7. The molecule has 0 bridgehead atoms. The van der Waals surface area contributed by atoms with Crippen LogP contribution in [0.15, 0.2) is 78.9 Å². The van der Waals surface area contributed by atoms with Gasteiger partial charge in [0.1, 0.15) is 18.1 Å². The second-order valence-corrected chi connectivity index (χ2v) is 8.31. The summed E-state index contributed by atoms with van der Waals surface area (Å²) in [7, 11) is 0. The van der Waals surface area contributed by atoms with Crippen molar-refractivity contribution in [3.05, 3.63) is 95.7 Å². The highest BCUT2D eigenvalue weighted by molar-refractivity contribution is 5.94. The molecule has 200 valence electrons. The number of alkyl halides is 3. The number of nitrogens with zero attached hydrogens (tertiary/aromatic N) is 1. The number of rotatable bonds is 9. The number of carbonyl (C=O) groups excluding carboxylic acids is 1. The number of benzene rings is 3. The summed E-state index contributed by atoms with van der Waals surface area (Å²) in [6, 6.07) is 21.5. The second-order valence-electron chi connectivity index (χ2n) is 8.31. The number of nitrogens with two attached hydrogens (primary N) is 1. The van der Waals surface area contributed by atoms with Crippen LogP contribution in [-0.4, -0.2) is 27.9 Å². The predicted octanol–water partition coefficient (Wildman–Crippen LogP) is 6.14. The summed E-state index contributed by atoms with van der Waals surface area (Å²) >= 11 is 0. The van der Waals surface area contributed by atoms with Crippen molar-refractivity contribution in [1.29, 1.82) is 0 Å². The van der Waals surface area contributed by atoms with Gasteiger partial charge in [-0.25, -0.2) is 4.79 Å². The minimum atomic E-state index is -4.75. The van der Waals surface area contributed by atoms with E-state index in [4.69, 9.17) is 10.5 Å². The van der Waals surface area contributed by atoms with E-state index < -0.39 is 12.3 Å². The van der Waals surface area contributed by atoms with Crippen molar-refractivity contribution in [2.75, 3.05) is 0 Å². The number of aromatic nitrogens is 1. The van der Waals surface area contributed by atoms with E-state index in [0.29, 0.717) is 18.7 Å². The molecular formula is C28H27F3N2O5. The zero-order valence-corrected chi connectivity index (χ0v) is 20.6. The van der Waals surface area contributed by atoms with Crippen molar-refractivity contribution in [2.24, 2.45) is 5.73 Å². The highest BCUT2D eigenvalue weighted by Crippen LogP contribution is 2.26. The van der Waals surface area contributed by atoms with Crippen molar-refractivity contribution in [1.82, 2.24) is 4.57 Å². The van der Waals surface area contributed by atoms with Gasteiger partial charge in [0.2, 0.25) is 5.91 Å². The van der Waals surface area contributed by atoms with Gasteiger partial charge in [0.15, 0.2) is 0 Å². The first-order valence-corrected chi connectivity index (χ1v) is 11.7. The fourth-order valence-electron chi connectivity index (χ4n) is 3.67. The molecule has 4 aromatic rings. The summed E-state index contributed by atoms with van der Waals surface area (Å²) in [5.41, 5.74) is 7.26. The van der Waals surface area contributed by atoms with E-state index in [9.17, 15) is 27.9 Å². The molecule has 0 saturated carbocycles. The summed E-state index contributed by atoms with van der Waals surface area (Å²) in [5.74, 6) is -0.846.